The molecule has 2 heterocycles. The van der Waals surface area contributed by atoms with Gasteiger partial charge < -0.3 is 9.15 Å². The second kappa shape index (κ2) is 3.33. The number of rotatable bonds is 1. The number of aliphatic imine (C=N–C) groups is 1. The van der Waals surface area contributed by atoms with Crippen LogP contribution < -0.4 is 0 Å². The number of hydrogen-bond donors (Lipinski definition) is 0. The van der Waals surface area contributed by atoms with E-state index >= 15 is 0 Å². The molecule has 1 aliphatic heterocycles. The molecule has 0 saturated heterocycles. The van der Waals surface area contributed by atoms with E-state index in [9.17, 15) is 0 Å². The molecule has 2 rings (SSSR count). The molecule has 3 heteroatoms. The molecule has 74 valence electrons. The maximum atomic E-state index is 5.54. The summed E-state index contributed by atoms with van der Waals surface area (Å²) in [5, 5.41) is 0. The molecule has 0 unspecified atom stereocenters. The third-order valence-corrected chi connectivity index (χ3v) is 2.20. The van der Waals surface area contributed by atoms with Crippen molar-refractivity contribution in [3.8, 4) is 0 Å². The van der Waals surface area contributed by atoms with Crippen LogP contribution in [-0.2, 0) is 4.74 Å². The Labute approximate surface area is 83.1 Å². The second-order valence-electron chi connectivity index (χ2n) is 3.31. The van der Waals surface area contributed by atoms with Crippen molar-refractivity contribution in [2.75, 3.05) is 6.54 Å². The zero-order chi connectivity index (χ0) is 10.1. The Kier molecular flexibility index (Phi) is 2.15. The van der Waals surface area contributed by atoms with Crippen LogP contribution in [0.3, 0.4) is 0 Å². The Morgan fingerprint density at radius 2 is 2.21 bits per heavy atom. The van der Waals surface area contributed by atoms with Crippen LogP contribution >= 0.6 is 0 Å². The zero-order valence-corrected chi connectivity index (χ0v) is 8.63. The first-order chi connectivity index (χ1) is 6.70. The quantitative estimate of drug-likeness (QED) is 0.683. The molecule has 3 nitrogen and oxygen atoms in total. The summed E-state index contributed by atoms with van der Waals surface area (Å²) in [6.07, 6.45) is 1.93. The largest absolute Gasteiger partial charge is 0.466 e. The van der Waals surface area contributed by atoms with Crippen LogP contribution in [0.25, 0.3) is 0 Å². The predicted molar refractivity (Wildman–Crippen MR) is 54.4 cm³/mol. The van der Waals surface area contributed by atoms with Gasteiger partial charge in [0.15, 0.2) is 0 Å². The van der Waals surface area contributed by atoms with Crippen molar-refractivity contribution in [2.45, 2.75) is 20.8 Å². The van der Waals surface area contributed by atoms with E-state index < -0.39 is 0 Å². The van der Waals surface area contributed by atoms with Crippen LogP contribution in [0.5, 0.6) is 0 Å². The zero-order valence-electron chi connectivity index (χ0n) is 8.63. The van der Waals surface area contributed by atoms with Gasteiger partial charge in [-0.3, -0.25) is 0 Å². The van der Waals surface area contributed by atoms with E-state index in [2.05, 4.69) is 4.99 Å². The number of aryl methyl sites for hydroxylation is 2. The first kappa shape index (κ1) is 9.06. The second-order valence-corrected chi connectivity index (χ2v) is 3.31. The standard InChI is InChI=1S/C11H13NO2/c1-4-9-6-12-11(14-9)10-5-7(2)13-8(10)3/h4-5H,6H2,1-3H3/b9-4-. The molecule has 0 aromatic carbocycles. The molecule has 0 saturated carbocycles. The normalized spacial score (nSPS) is 18.5. The van der Waals surface area contributed by atoms with Crippen molar-refractivity contribution >= 4 is 5.90 Å². The minimum absolute atomic E-state index is 0.634. The molecule has 0 radical (unpaired) electrons. The molecule has 0 spiro atoms. The van der Waals surface area contributed by atoms with Gasteiger partial charge >= 0.3 is 0 Å². The molecule has 1 aromatic heterocycles. The Bertz CT molecular complexity index is 413. The highest BCUT2D eigenvalue weighted by atomic mass is 16.5. The topological polar surface area (TPSA) is 34.7 Å². The van der Waals surface area contributed by atoms with E-state index in [1.54, 1.807) is 0 Å². The smallest absolute Gasteiger partial charge is 0.225 e. The van der Waals surface area contributed by atoms with Gasteiger partial charge in [-0.15, -0.1) is 0 Å². The fraction of sp³-hybridized carbons (Fsp3) is 0.364. The van der Waals surface area contributed by atoms with Gasteiger partial charge in [0, 0.05) is 0 Å². The Hall–Kier alpha value is -1.51. The average Bonchev–Trinajstić information content (AvgIpc) is 2.71. The molecule has 0 atom stereocenters. The third-order valence-electron chi connectivity index (χ3n) is 2.20. The first-order valence-electron chi connectivity index (χ1n) is 4.65. The van der Waals surface area contributed by atoms with Gasteiger partial charge in [0.1, 0.15) is 23.8 Å². The maximum absolute atomic E-state index is 5.54. The lowest BCUT2D eigenvalue weighted by atomic mass is 10.2. The van der Waals surface area contributed by atoms with Crippen LogP contribution in [0.2, 0.25) is 0 Å². The predicted octanol–water partition coefficient (Wildman–Crippen LogP) is 2.58. The fourth-order valence-corrected chi connectivity index (χ4v) is 1.47. The SMILES string of the molecule is C/C=C1/CN=C(c2cc(C)oc2C)O1. The van der Waals surface area contributed by atoms with E-state index in [0.29, 0.717) is 12.4 Å². The highest BCUT2D eigenvalue weighted by Gasteiger charge is 2.18. The highest BCUT2D eigenvalue weighted by Crippen LogP contribution is 2.20. The monoisotopic (exact) mass is 191 g/mol. The van der Waals surface area contributed by atoms with Crippen LogP contribution in [0.15, 0.2) is 27.3 Å². The number of nitrogens with zero attached hydrogens (tertiary/aromatic N) is 1. The third kappa shape index (κ3) is 1.45. The van der Waals surface area contributed by atoms with Crippen molar-refractivity contribution < 1.29 is 9.15 Å². The molecule has 0 fully saturated rings. The van der Waals surface area contributed by atoms with Gasteiger partial charge in [0.2, 0.25) is 5.90 Å². The number of ether oxygens (including phenoxy) is 1. The summed E-state index contributed by atoms with van der Waals surface area (Å²) >= 11 is 0. The van der Waals surface area contributed by atoms with Gasteiger partial charge in [-0.25, -0.2) is 4.99 Å². The van der Waals surface area contributed by atoms with E-state index in [1.807, 2.05) is 32.9 Å². The maximum Gasteiger partial charge on any atom is 0.225 e. The first-order valence-corrected chi connectivity index (χ1v) is 4.65. The molecular formula is C11H13NO2. The van der Waals surface area contributed by atoms with Crippen molar-refractivity contribution in [1.82, 2.24) is 0 Å². The molecule has 0 amide bonds. The summed E-state index contributed by atoms with van der Waals surface area (Å²) < 4.78 is 11.0. The molecule has 0 N–H and O–H groups in total. The van der Waals surface area contributed by atoms with Crippen molar-refractivity contribution in [1.29, 1.82) is 0 Å². The highest BCUT2D eigenvalue weighted by molar-refractivity contribution is 5.97. The summed E-state index contributed by atoms with van der Waals surface area (Å²) in [5.41, 5.74) is 0.958. The van der Waals surface area contributed by atoms with Gasteiger partial charge in [0.25, 0.3) is 0 Å². The Morgan fingerprint density at radius 1 is 1.43 bits per heavy atom. The molecule has 14 heavy (non-hydrogen) atoms. The van der Waals surface area contributed by atoms with Gasteiger partial charge in [-0.1, -0.05) is 0 Å². The lowest BCUT2D eigenvalue weighted by Gasteiger charge is -1.99. The fourth-order valence-electron chi connectivity index (χ4n) is 1.47. The number of furan rings is 1. The summed E-state index contributed by atoms with van der Waals surface area (Å²) in [6, 6.07) is 1.95. The Balaban J connectivity index is 2.29. The summed E-state index contributed by atoms with van der Waals surface area (Å²) in [7, 11) is 0. The lowest BCUT2D eigenvalue weighted by molar-refractivity contribution is 0.436. The number of hydrogen-bond acceptors (Lipinski definition) is 3. The van der Waals surface area contributed by atoms with Gasteiger partial charge in [-0.2, -0.15) is 0 Å². The van der Waals surface area contributed by atoms with Crippen LogP contribution in [-0.4, -0.2) is 12.4 Å². The van der Waals surface area contributed by atoms with E-state index in [4.69, 9.17) is 9.15 Å². The average molecular weight is 191 g/mol. The minimum Gasteiger partial charge on any atom is -0.466 e. The van der Waals surface area contributed by atoms with Crippen LogP contribution in [0.4, 0.5) is 0 Å². The Morgan fingerprint density at radius 3 is 2.71 bits per heavy atom. The summed E-state index contributed by atoms with van der Waals surface area (Å²) in [4.78, 5) is 4.30. The van der Waals surface area contributed by atoms with Crippen molar-refractivity contribution in [2.24, 2.45) is 4.99 Å². The molecular weight excluding hydrogens is 178 g/mol. The van der Waals surface area contributed by atoms with Gasteiger partial charge in [0.05, 0.1) is 5.56 Å². The van der Waals surface area contributed by atoms with Crippen molar-refractivity contribution in [3.63, 3.8) is 0 Å². The van der Waals surface area contributed by atoms with E-state index in [-0.39, 0.29) is 0 Å². The minimum atomic E-state index is 0.634. The summed E-state index contributed by atoms with van der Waals surface area (Å²) in [5.74, 6) is 3.32. The van der Waals surface area contributed by atoms with Gasteiger partial charge in [-0.05, 0) is 32.9 Å². The van der Waals surface area contributed by atoms with Crippen LogP contribution in [0, 0.1) is 13.8 Å². The molecule has 0 bridgehead atoms. The molecule has 1 aromatic rings. The van der Waals surface area contributed by atoms with Crippen LogP contribution in [0.1, 0.15) is 24.0 Å². The van der Waals surface area contributed by atoms with Crippen molar-refractivity contribution in [3.05, 3.63) is 35.0 Å². The molecule has 0 aliphatic carbocycles. The summed E-state index contributed by atoms with van der Waals surface area (Å²) in [6.45, 7) is 6.42. The number of allylic oxidation sites excluding steroid dienone is 1. The lowest BCUT2D eigenvalue weighted by Crippen LogP contribution is -2.00. The van der Waals surface area contributed by atoms with E-state index in [1.165, 1.54) is 0 Å². The molecule has 1 aliphatic rings. The van der Waals surface area contributed by atoms with E-state index in [0.717, 1.165) is 22.8 Å².